The summed E-state index contributed by atoms with van der Waals surface area (Å²) in [5, 5.41) is 0. The van der Waals surface area contributed by atoms with Crippen molar-refractivity contribution in [1.29, 1.82) is 0 Å². The molecule has 1 aromatic carbocycles. The molecule has 0 aliphatic carbocycles. The Hall–Kier alpha value is -1.42. The van der Waals surface area contributed by atoms with Crippen molar-refractivity contribution in [2.24, 2.45) is 4.99 Å². The highest BCUT2D eigenvalue weighted by atomic mass is 28.4. The molecule has 1 aromatic rings. The highest BCUT2D eigenvalue weighted by Crippen LogP contribution is 2.08. The summed E-state index contributed by atoms with van der Waals surface area (Å²) in [6.45, 7) is 9.66. The molecule has 0 aliphatic rings. The van der Waals surface area contributed by atoms with Crippen LogP contribution in [0.1, 0.15) is 19.4 Å². The van der Waals surface area contributed by atoms with E-state index >= 15 is 0 Å². The van der Waals surface area contributed by atoms with Crippen molar-refractivity contribution in [3.05, 3.63) is 35.9 Å². The van der Waals surface area contributed by atoms with E-state index in [1.54, 1.807) is 6.92 Å². The van der Waals surface area contributed by atoms with Crippen molar-refractivity contribution in [3.8, 4) is 0 Å². The molecule has 0 fully saturated rings. The summed E-state index contributed by atoms with van der Waals surface area (Å²) in [5.74, 6) is -0.232. The maximum Gasteiger partial charge on any atom is 0.317 e. The lowest BCUT2D eigenvalue weighted by atomic mass is 10.1. The van der Waals surface area contributed by atoms with Gasteiger partial charge in [-0.05, 0) is 39.1 Å². The van der Waals surface area contributed by atoms with Gasteiger partial charge in [-0.2, -0.15) is 0 Å². The second-order valence-corrected chi connectivity index (χ2v) is 9.72. The standard InChI is InChI=1S/C14H21NO2Si/c1-11(13-9-7-6-8-10-13)15-12(2)14(16)17-18(3,4)5/h6-10,12H,1-5H3. The molecule has 0 aliphatic heterocycles. The monoisotopic (exact) mass is 263 g/mol. The van der Waals surface area contributed by atoms with Crippen molar-refractivity contribution < 1.29 is 9.22 Å². The molecule has 3 nitrogen and oxygen atoms in total. The van der Waals surface area contributed by atoms with Gasteiger partial charge in [0.2, 0.25) is 8.32 Å². The van der Waals surface area contributed by atoms with Gasteiger partial charge < -0.3 is 4.43 Å². The Morgan fingerprint density at radius 3 is 2.28 bits per heavy atom. The quantitative estimate of drug-likeness (QED) is 0.618. The third-order valence-corrected chi connectivity index (χ3v) is 3.14. The van der Waals surface area contributed by atoms with Crippen LogP contribution < -0.4 is 0 Å². The Bertz CT molecular complexity index is 435. The van der Waals surface area contributed by atoms with E-state index in [2.05, 4.69) is 4.99 Å². The predicted molar refractivity (Wildman–Crippen MR) is 77.6 cm³/mol. The highest BCUT2D eigenvalue weighted by Gasteiger charge is 2.23. The molecule has 0 bridgehead atoms. The van der Waals surface area contributed by atoms with Gasteiger partial charge in [-0.3, -0.25) is 9.79 Å². The molecule has 1 rings (SSSR count). The number of benzene rings is 1. The van der Waals surface area contributed by atoms with Crippen LogP contribution in [0, 0.1) is 0 Å². The SMILES string of the molecule is CC(=NC(C)C(=O)O[Si](C)(C)C)c1ccccc1. The van der Waals surface area contributed by atoms with E-state index in [9.17, 15) is 4.79 Å². The lowest BCUT2D eigenvalue weighted by Gasteiger charge is -2.19. The number of aliphatic imine (C=N–C) groups is 1. The van der Waals surface area contributed by atoms with Gasteiger partial charge in [-0.25, -0.2) is 0 Å². The summed E-state index contributed by atoms with van der Waals surface area (Å²) in [6, 6.07) is 9.39. The van der Waals surface area contributed by atoms with E-state index < -0.39 is 14.4 Å². The summed E-state index contributed by atoms with van der Waals surface area (Å²) in [4.78, 5) is 16.2. The van der Waals surface area contributed by atoms with Crippen LogP contribution in [0.4, 0.5) is 0 Å². The predicted octanol–water partition coefficient (Wildman–Crippen LogP) is 3.26. The fraction of sp³-hybridized carbons (Fsp3) is 0.429. The molecule has 1 unspecified atom stereocenters. The minimum Gasteiger partial charge on any atom is -0.518 e. The van der Waals surface area contributed by atoms with Gasteiger partial charge in [0.1, 0.15) is 6.04 Å². The van der Waals surface area contributed by atoms with Crippen molar-refractivity contribution in [2.75, 3.05) is 0 Å². The van der Waals surface area contributed by atoms with Crippen molar-refractivity contribution >= 4 is 20.0 Å². The average Bonchev–Trinajstić information content (AvgIpc) is 2.27. The molecule has 0 N–H and O–H groups in total. The van der Waals surface area contributed by atoms with Crippen LogP contribution in [-0.2, 0) is 9.22 Å². The van der Waals surface area contributed by atoms with Crippen LogP contribution in [-0.4, -0.2) is 26.0 Å². The third kappa shape index (κ3) is 4.83. The van der Waals surface area contributed by atoms with Gasteiger partial charge in [-0.1, -0.05) is 30.3 Å². The molecule has 0 saturated carbocycles. The fourth-order valence-corrected chi connectivity index (χ4v) is 2.26. The van der Waals surface area contributed by atoms with Crippen molar-refractivity contribution in [2.45, 2.75) is 39.5 Å². The number of hydrogen-bond acceptors (Lipinski definition) is 3. The second kappa shape index (κ2) is 5.95. The minimum absolute atomic E-state index is 0.232. The van der Waals surface area contributed by atoms with Crippen molar-refractivity contribution in [1.82, 2.24) is 0 Å². The average molecular weight is 263 g/mol. The third-order valence-electron chi connectivity index (χ3n) is 2.33. The number of rotatable bonds is 4. The molecule has 4 heteroatoms. The van der Waals surface area contributed by atoms with E-state index in [0.29, 0.717) is 0 Å². The van der Waals surface area contributed by atoms with Crippen molar-refractivity contribution in [3.63, 3.8) is 0 Å². The Labute approximate surface area is 110 Å². The zero-order valence-corrected chi connectivity index (χ0v) is 12.7. The smallest absolute Gasteiger partial charge is 0.317 e. The molecule has 0 spiro atoms. The highest BCUT2D eigenvalue weighted by molar-refractivity contribution is 6.71. The number of nitrogens with zero attached hydrogens (tertiary/aromatic N) is 1. The lowest BCUT2D eigenvalue weighted by Crippen LogP contribution is -2.33. The molecular formula is C14H21NO2Si. The van der Waals surface area contributed by atoms with Gasteiger partial charge in [-0.15, -0.1) is 0 Å². The molecule has 1 atom stereocenters. The van der Waals surface area contributed by atoms with Crippen LogP contribution in [0.15, 0.2) is 35.3 Å². The normalized spacial score (nSPS) is 14.2. The fourth-order valence-electron chi connectivity index (χ4n) is 1.48. The first-order valence-corrected chi connectivity index (χ1v) is 9.53. The van der Waals surface area contributed by atoms with Gasteiger partial charge in [0, 0.05) is 5.71 Å². The number of carbonyl (C=O) groups is 1. The summed E-state index contributed by atoms with van der Waals surface area (Å²) >= 11 is 0. The van der Waals surface area contributed by atoms with Crippen LogP contribution in [0.2, 0.25) is 19.6 Å². The van der Waals surface area contributed by atoms with Gasteiger partial charge >= 0.3 is 5.97 Å². The largest absolute Gasteiger partial charge is 0.518 e. The van der Waals surface area contributed by atoms with Gasteiger partial charge in [0.15, 0.2) is 0 Å². The maximum atomic E-state index is 11.8. The van der Waals surface area contributed by atoms with E-state index in [1.165, 1.54) is 0 Å². The molecular weight excluding hydrogens is 242 g/mol. The Morgan fingerprint density at radius 1 is 1.22 bits per heavy atom. The summed E-state index contributed by atoms with van der Waals surface area (Å²) in [5.41, 5.74) is 1.89. The molecule has 0 saturated heterocycles. The zero-order chi connectivity index (χ0) is 13.8. The lowest BCUT2D eigenvalue weighted by molar-refractivity contribution is -0.136. The first kappa shape index (κ1) is 14.6. The minimum atomic E-state index is -1.83. The van der Waals surface area contributed by atoms with E-state index in [-0.39, 0.29) is 5.97 Å². The molecule has 98 valence electrons. The Balaban J connectivity index is 2.74. The summed E-state index contributed by atoms with van der Waals surface area (Å²) in [7, 11) is -1.83. The van der Waals surface area contributed by atoms with Crippen LogP contribution >= 0.6 is 0 Å². The molecule has 0 heterocycles. The molecule has 0 radical (unpaired) electrons. The second-order valence-electron chi connectivity index (χ2n) is 5.29. The number of hydrogen-bond donors (Lipinski definition) is 0. The van der Waals surface area contributed by atoms with Gasteiger partial charge in [0.25, 0.3) is 0 Å². The van der Waals surface area contributed by atoms with E-state index in [1.807, 2.05) is 56.9 Å². The summed E-state index contributed by atoms with van der Waals surface area (Å²) in [6.07, 6.45) is 0. The summed E-state index contributed by atoms with van der Waals surface area (Å²) < 4.78 is 5.43. The van der Waals surface area contributed by atoms with Crippen LogP contribution in [0.25, 0.3) is 0 Å². The Kier molecular flexibility index (Phi) is 4.84. The topological polar surface area (TPSA) is 38.7 Å². The molecule has 0 aromatic heterocycles. The number of carbonyl (C=O) groups excluding carboxylic acids is 1. The Morgan fingerprint density at radius 2 is 1.78 bits per heavy atom. The first-order chi connectivity index (χ1) is 8.29. The first-order valence-electron chi connectivity index (χ1n) is 6.12. The van der Waals surface area contributed by atoms with E-state index in [0.717, 1.165) is 11.3 Å². The molecule has 18 heavy (non-hydrogen) atoms. The van der Waals surface area contributed by atoms with Gasteiger partial charge in [0.05, 0.1) is 0 Å². The molecule has 0 amide bonds. The maximum absolute atomic E-state index is 11.8. The zero-order valence-electron chi connectivity index (χ0n) is 11.7. The van der Waals surface area contributed by atoms with Crippen LogP contribution in [0.3, 0.4) is 0 Å². The van der Waals surface area contributed by atoms with Crippen LogP contribution in [0.5, 0.6) is 0 Å². The van der Waals surface area contributed by atoms with E-state index in [4.69, 9.17) is 4.43 Å².